The van der Waals surface area contributed by atoms with E-state index in [0.717, 1.165) is 0 Å². The Morgan fingerprint density at radius 3 is 1.31 bits per heavy atom. The van der Waals surface area contributed by atoms with E-state index < -0.39 is 143 Å². The molecule has 19 atom stereocenters. The molecule has 21 nitrogen and oxygen atoms in total. The van der Waals surface area contributed by atoms with Crippen LogP contribution in [0.5, 0.6) is 0 Å². The van der Waals surface area contributed by atoms with Crippen molar-refractivity contribution in [1.82, 2.24) is 0 Å². The number of carbonyl (C=O) groups is 1. The maximum atomic E-state index is 10.6. The summed E-state index contributed by atoms with van der Waals surface area (Å²) < 4.78 is 31.9. The molecule has 14 N–H and O–H groups in total. The Morgan fingerprint density at radius 1 is 0.533 bits per heavy atom. The fraction of sp³-hybridized carbons (Fsp3) is 0.958. The van der Waals surface area contributed by atoms with E-state index >= 15 is 0 Å². The van der Waals surface area contributed by atoms with E-state index in [2.05, 4.69) is 0 Å². The molecular formula is C24H42O21. The molecule has 0 aromatic rings. The van der Waals surface area contributed by atoms with Crippen molar-refractivity contribution >= 4 is 6.29 Å². The average Bonchev–Trinajstić information content (AvgIpc) is 3.03. The lowest BCUT2D eigenvalue weighted by Gasteiger charge is -2.44. The highest BCUT2D eigenvalue weighted by Gasteiger charge is 2.49. The van der Waals surface area contributed by atoms with Gasteiger partial charge in [-0.25, -0.2) is 0 Å². The normalized spacial score (nSPS) is 45.4. The zero-order valence-electron chi connectivity index (χ0n) is 23.5. The lowest BCUT2D eigenvalue weighted by atomic mass is 9.98. The predicted octanol–water partition coefficient (Wildman–Crippen LogP) is -9.91. The van der Waals surface area contributed by atoms with Gasteiger partial charge in [-0.3, -0.25) is 0 Å². The molecule has 21 heteroatoms. The summed E-state index contributed by atoms with van der Waals surface area (Å²) in [5.74, 6) is 0. The first kappa shape index (κ1) is 38.3. The highest BCUT2D eigenvalue weighted by Crippen LogP contribution is 2.28. The number of carbonyl (C=O) groups excluding carboxylic acids is 1. The lowest BCUT2D eigenvalue weighted by molar-refractivity contribution is -0.343. The fourth-order valence-corrected chi connectivity index (χ4v) is 4.77. The molecule has 0 radical (unpaired) electrons. The Balaban J connectivity index is 1.58. The summed E-state index contributed by atoms with van der Waals surface area (Å²) in [6.07, 6.45) is -34.1. The van der Waals surface area contributed by atoms with E-state index in [1.165, 1.54) is 0 Å². The third kappa shape index (κ3) is 8.87. The fourth-order valence-electron chi connectivity index (χ4n) is 4.77. The van der Waals surface area contributed by atoms with Gasteiger partial charge >= 0.3 is 0 Å². The second-order valence-corrected chi connectivity index (χ2v) is 10.9. The van der Waals surface area contributed by atoms with Crippen molar-refractivity contribution in [2.24, 2.45) is 0 Å². The van der Waals surface area contributed by atoms with Crippen molar-refractivity contribution in [2.45, 2.75) is 117 Å². The SMILES string of the molecule is O=C[C@H](O)[C@@H](O)[C@H](O)[C@H](O)CO[C@@H]1OC(CO[C@H]2OC(CO[C@@H]3OC(CO)[C@@H](O)[C@H](O)C3O)[C@@H](O)[C@H](O)C2O)[C@@H](O)[C@H](O)C1O. The molecular weight excluding hydrogens is 624 g/mol. The van der Waals surface area contributed by atoms with Crippen LogP contribution in [0.3, 0.4) is 0 Å². The summed E-state index contributed by atoms with van der Waals surface area (Å²) in [5, 5.41) is 140. The summed E-state index contributed by atoms with van der Waals surface area (Å²) in [4.78, 5) is 10.6. The Bertz CT molecular complexity index is 899. The summed E-state index contributed by atoms with van der Waals surface area (Å²) in [7, 11) is 0. The minimum atomic E-state index is -2.09. The summed E-state index contributed by atoms with van der Waals surface area (Å²) in [6, 6.07) is 0. The number of ether oxygens (including phenoxy) is 6. The number of aliphatic hydroxyl groups excluding tert-OH is 14. The Labute approximate surface area is 254 Å². The average molecular weight is 667 g/mol. The maximum Gasteiger partial charge on any atom is 0.186 e. The summed E-state index contributed by atoms with van der Waals surface area (Å²) in [5.41, 5.74) is 0. The molecule has 0 aromatic heterocycles. The largest absolute Gasteiger partial charge is 0.394 e. The zero-order chi connectivity index (χ0) is 33.7. The van der Waals surface area contributed by atoms with Crippen LogP contribution >= 0.6 is 0 Å². The standard InChI is InChI=1S/C24H42O21/c25-1-6(27)11(29)12(30)7(28)3-40-22-20(38)17(35)14(32)9(44-22)5-42-24-21(39)18(36)15(33)10(45-24)4-41-23-19(37)16(34)13(31)8(2-26)43-23/h1,6-24,26-39H,2-5H2/t6-,7+,8?,9?,10?,11+,12+,13+,14+,15+,16-,17-,18-,19?,20?,21?,22+,23+,24-/m0/s1. The minimum Gasteiger partial charge on any atom is -0.394 e. The van der Waals surface area contributed by atoms with Gasteiger partial charge in [0, 0.05) is 0 Å². The van der Waals surface area contributed by atoms with E-state index in [4.69, 9.17) is 28.4 Å². The third-order valence-electron chi connectivity index (χ3n) is 7.70. The molecule has 0 bridgehead atoms. The van der Waals surface area contributed by atoms with Gasteiger partial charge in [-0.2, -0.15) is 0 Å². The topological polar surface area (TPSA) is 356 Å². The molecule has 3 heterocycles. The van der Waals surface area contributed by atoms with Gasteiger partial charge < -0.3 is 105 Å². The smallest absolute Gasteiger partial charge is 0.186 e. The second kappa shape index (κ2) is 16.8. The van der Waals surface area contributed by atoms with Crippen LogP contribution in [-0.2, 0) is 33.2 Å². The van der Waals surface area contributed by atoms with Gasteiger partial charge in [0.05, 0.1) is 26.4 Å². The molecule has 0 aliphatic carbocycles. The molecule has 3 saturated heterocycles. The van der Waals surface area contributed by atoms with Gasteiger partial charge in [-0.05, 0) is 0 Å². The first-order valence-corrected chi connectivity index (χ1v) is 13.9. The van der Waals surface area contributed by atoms with Gasteiger partial charge in [0.1, 0.15) is 97.7 Å². The van der Waals surface area contributed by atoms with E-state index in [1.807, 2.05) is 0 Å². The molecule has 264 valence electrons. The predicted molar refractivity (Wildman–Crippen MR) is 135 cm³/mol. The van der Waals surface area contributed by atoms with E-state index in [-0.39, 0.29) is 6.29 Å². The molecule has 3 aliphatic rings. The monoisotopic (exact) mass is 666 g/mol. The summed E-state index contributed by atoms with van der Waals surface area (Å²) >= 11 is 0. The third-order valence-corrected chi connectivity index (χ3v) is 7.70. The van der Waals surface area contributed by atoms with Crippen LogP contribution in [0.2, 0.25) is 0 Å². The van der Waals surface area contributed by atoms with Crippen LogP contribution in [-0.4, -0.2) is 221 Å². The van der Waals surface area contributed by atoms with Crippen LogP contribution in [0, 0.1) is 0 Å². The maximum absolute atomic E-state index is 10.6. The molecule has 3 aliphatic heterocycles. The number of rotatable bonds is 14. The number of hydrogen-bond donors (Lipinski definition) is 14. The van der Waals surface area contributed by atoms with Gasteiger partial charge in [0.2, 0.25) is 0 Å². The van der Waals surface area contributed by atoms with Crippen molar-refractivity contribution in [1.29, 1.82) is 0 Å². The first-order valence-electron chi connectivity index (χ1n) is 13.9. The molecule has 3 fully saturated rings. The van der Waals surface area contributed by atoms with E-state index in [9.17, 15) is 76.3 Å². The van der Waals surface area contributed by atoms with Gasteiger partial charge in [0.25, 0.3) is 0 Å². The van der Waals surface area contributed by atoms with Crippen molar-refractivity contribution in [2.75, 3.05) is 26.4 Å². The highest BCUT2D eigenvalue weighted by molar-refractivity contribution is 5.56. The van der Waals surface area contributed by atoms with E-state index in [1.54, 1.807) is 0 Å². The second-order valence-electron chi connectivity index (χ2n) is 10.9. The van der Waals surface area contributed by atoms with Crippen LogP contribution < -0.4 is 0 Å². The first-order chi connectivity index (χ1) is 21.1. The molecule has 45 heavy (non-hydrogen) atoms. The quantitative estimate of drug-likeness (QED) is 0.0765. The highest BCUT2D eigenvalue weighted by atomic mass is 16.7. The number of hydrogen-bond acceptors (Lipinski definition) is 21. The van der Waals surface area contributed by atoms with Crippen LogP contribution in [0.4, 0.5) is 0 Å². The van der Waals surface area contributed by atoms with Crippen LogP contribution in [0.25, 0.3) is 0 Å². The number of aliphatic hydroxyl groups is 14. The molecule has 3 rings (SSSR count). The number of aldehydes is 1. The molecule has 0 aromatic carbocycles. The van der Waals surface area contributed by atoms with Crippen molar-refractivity contribution in [3.05, 3.63) is 0 Å². The molecule has 6 unspecified atom stereocenters. The van der Waals surface area contributed by atoms with Gasteiger partial charge in [-0.15, -0.1) is 0 Å². The summed E-state index contributed by atoms with van der Waals surface area (Å²) in [6.45, 7) is -2.97. The molecule has 0 saturated carbocycles. The Hall–Kier alpha value is -1.13. The minimum absolute atomic E-state index is 0.0835. The zero-order valence-corrected chi connectivity index (χ0v) is 23.5. The van der Waals surface area contributed by atoms with Crippen molar-refractivity contribution in [3.63, 3.8) is 0 Å². The van der Waals surface area contributed by atoms with Gasteiger partial charge in [0.15, 0.2) is 25.2 Å². The lowest BCUT2D eigenvalue weighted by Crippen LogP contribution is -2.62. The molecule has 0 spiro atoms. The van der Waals surface area contributed by atoms with Gasteiger partial charge in [-0.1, -0.05) is 0 Å². The van der Waals surface area contributed by atoms with Crippen molar-refractivity contribution in [3.8, 4) is 0 Å². The van der Waals surface area contributed by atoms with Crippen LogP contribution in [0.15, 0.2) is 0 Å². The van der Waals surface area contributed by atoms with Crippen LogP contribution in [0.1, 0.15) is 0 Å². The Kier molecular flexibility index (Phi) is 14.3. The van der Waals surface area contributed by atoms with Crippen molar-refractivity contribution < 1.29 is 105 Å². The molecule has 0 amide bonds. The van der Waals surface area contributed by atoms with E-state index in [0.29, 0.717) is 0 Å². The Morgan fingerprint density at radius 2 is 0.911 bits per heavy atom.